The van der Waals surface area contributed by atoms with Crippen LogP contribution in [-0.4, -0.2) is 12.6 Å². The summed E-state index contributed by atoms with van der Waals surface area (Å²) in [6, 6.07) is 27.9. The van der Waals surface area contributed by atoms with Gasteiger partial charge < -0.3 is 8.92 Å². The van der Waals surface area contributed by atoms with Crippen molar-refractivity contribution < 1.29 is 13.7 Å². The maximum absolute atomic E-state index is 12.5. The van der Waals surface area contributed by atoms with Crippen molar-refractivity contribution in [2.24, 2.45) is 0 Å². The van der Waals surface area contributed by atoms with E-state index in [1.165, 1.54) is 0 Å². The van der Waals surface area contributed by atoms with E-state index >= 15 is 0 Å². The highest BCUT2D eigenvalue weighted by molar-refractivity contribution is 8.30. The van der Waals surface area contributed by atoms with Crippen molar-refractivity contribution in [1.29, 1.82) is 0 Å². The van der Waals surface area contributed by atoms with Gasteiger partial charge in [0.2, 0.25) is 0 Å². The molecule has 0 saturated heterocycles. The van der Waals surface area contributed by atoms with Gasteiger partial charge in [-0.2, -0.15) is 0 Å². The van der Waals surface area contributed by atoms with Crippen LogP contribution in [0, 0.1) is 0 Å². The SMILES string of the molecule is CCOc1ccc(S(OC(=O)CC)(c2ccccc2)c2ccccc2)cc1. The van der Waals surface area contributed by atoms with E-state index < -0.39 is 10.3 Å². The Hall–Kier alpha value is -2.72. The van der Waals surface area contributed by atoms with Crippen LogP contribution in [0.1, 0.15) is 20.3 Å². The summed E-state index contributed by atoms with van der Waals surface area (Å²) in [5, 5.41) is 0. The number of hydrogen-bond acceptors (Lipinski definition) is 3. The number of ether oxygens (including phenoxy) is 1. The first-order chi connectivity index (χ1) is 13.2. The van der Waals surface area contributed by atoms with Gasteiger partial charge in [0.15, 0.2) is 0 Å². The zero-order chi connectivity index (χ0) is 19.1. The normalized spacial score (nSPS) is 11.6. The molecule has 4 heteroatoms. The zero-order valence-electron chi connectivity index (χ0n) is 15.6. The van der Waals surface area contributed by atoms with Crippen LogP contribution in [0.3, 0.4) is 0 Å². The van der Waals surface area contributed by atoms with E-state index in [-0.39, 0.29) is 5.97 Å². The van der Waals surface area contributed by atoms with E-state index in [1.54, 1.807) is 0 Å². The Balaban J connectivity index is 2.24. The Labute approximate surface area is 162 Å². The molecule has 0 saturated carbocycles. The maximum atomic E-state index is 12.5. The number of carbonyl (C=O) groups excluding carboxylic acids is 1. The molecule has 0 aliphatic carbocycles. The minimum Gasteiger partial charge on any atom is -0.494 e. The van der Waals surface area contributed by atoms with Gasteiger partial charge in [-0.15, -0.1) is 0 Å². The molecule has 3 aromatic carbocycles. The second-order valence-electron chi connectivity index (χ2n) is 5.90. The van der Waals surface area contributed by atoms with Gasteiger partial charge in [0, 0.05) is 21.1 Å². The van der Waals surface area contributed by atoms with Crippen LogP contribution < -0.4 is 4.74 Å². The van der Waals surface area contributed by atoms with Crippen LogP contribution in [0.2, 0.25) is 0 Å². The van der Waals surface area contributed by atoms with Crippen LogP contribution in [0.15, 0.2) is 99.6 Å². The van der Waals surface area contributed by atoms with Crippen LogP contribution >= 0.6 is 10.3 Å². The third-order valence-electron chi connectivity index (χ3n) is 4.12. The smallest absolute Gasteiger partial charge is 0.316 e. The Morgan fingerprint density at radius 3 is 1.67 bits per heavy atom. The van der Waals surface area contributed by atoms with Crippen LogP contribution in [0.5, 0.6) is 5.75 Å². The molecule has 3 aromatic rings. The predicted octanol–water partition coefficient (Wildman–Crippen LogP) is 6.24. The van der Waals surface area contributed by atoms with Gasteiger partial charge in [0.25, 0.3) is 0 Å². The highest BCUT2D eigenvalue weighted by Crippen LogP contribution is 2.69. The third-order valence-corrected chi connectivity index (χ3v) is 7.37. The highest BCUT2D eigenvalue weighted by atomic mass is 32.3. The van der Waals surface area contributed by atoms with Gasteiger partial charge in [0.05, 0.1) is 6.61 Å². The molecule has 3 rings (SSSR count). The molecule has 0 unspecified atom stereocenters. The summed E-state index contributed by atoms with van der Waals surface area (Å²) in [7, 11) is -2.18. The predicted molar refractivity (Wildman–Crippen MR) is 109 cm³/mol. The fourth-order valence-electron chi connectivity index (χ4n) is 2.87. The van der Waals surface area contributed by atoms with Gasteiger partial charge >= 0.3 is 5.97 Å². The molecular formula is C23H24O3S. The molecule has 0 bridgehead atoms. The Kier molecular flexibility index (Phi) is 6.20. The van der Waals surface area contributed by atoms with E-state index in [1.807, 2.05) is 98.8 Å². The summed E-state index contributed by atoms with van der Waals surface area (Å²) in [6.07, 6.45) is 0.325. The molecule has 0 aliphatic heterocycles. The quantitative estimate of drug-likeness (QED) is 0.487. The van der Waals surface area contributed by atoms with Crippen LogP contribution in [0.25, 0.3) is 0 Å². The molecular weight excluding hydrogens is 356 g/mol. The van der Waals surface area contributed by atoms with Crippen molar-refractivity contribution in [3.05, 3.63) is 84.9 Å². The molecule has 0 aromatic heterocycles. The van der Waals surface area contributed by atoms with Crippen molar-refractivity contribution in [2.75, 3.05) is 6.61 Å². The van der Waals surface area contributed by atoms with Crippen molar-refractivity contribution in [3.8, 4) is 5.75 Å². The van der Waals surface area contributed by atoms with E-state index in [9.17, 15) is 4.79 Å². The third kappa shape index (κ3) is 4.01. The first-order valence-electron chi connectivity index (χ1n) is 9.09. The number of rotatable bonds is 7. The topological polar surface area (TPSA) is 35.5 Å². The lowest BCUT2D eigenvalue weighted by Crippen LogP contribution is -2.13. The van der Waals surface area contributed by atoms with Gasteiger partial charge in [-0.3, -0.25) is 4.79 Å². The van der Waals surface area contributed by atoms with E-state index in [0.717, 1.165) is 20.4 Å². The molecule has 0 radical (unpaired) electrons. The molecule has 0 spiro atoms. The molecule has 27 heavy (non-hydrogen) atoms. The second kappa shape index (κ2) is 8.78. The lowest BCUT2D eigenvalue weighted by molar-refractivity contribution is -0.133. The fraction of sp³-hybridized carbons (Fsp3) is 0.174. The summed E-state index contributed by atoms with van der Waals surface area (Å²) in [4.78, 5) is 15.4. The largest absolute Gasteiger partial charge is 0.494 e. The van der Waals surface area contributed by atoms with Crippen molar-refractivity contribution in [2.45, 2.75) is 35.0 Å². The molecule has 0 atom stereocenters. The molecule has 0 N–H and O–H groups in total. The summed E-state index contributed by atoms with van der Waals surface area (Å²) in [6.45, 7) is 4.39. The molecule has 3 nitrogen and oxygen atoms in total. The summed E-state index contributed by atoms with van der Waals surface area (Å²) in [5.74, 6) is 0.587. The van der Waals surface area contributed by atoms with E-state index in [4.69, 9.17) is 8.92 Å². The average molecular weight is 381 g/mol. The number of hydrogen-bond donors (Lipinski definition) is 0. The maximum Gasteiger partial charge on any atom is 0.316 e. The second-order valence-corrected chi connectivity index (χ2v) is 8.59. The van der Waals surface area contributed by atoms with Gasteiger partial charge in [-0.05, 0) is 65.8 Å². The lowest BCUT2D eigenvalue weighted by atomic mass is 10.3. The van der Waals surface area contributed by atoms with Crippen molar-refractivity contribution >= 4 is 16.3 Å². The minimum absolute atomic E-state index is 0.216. The Morgan fingerprint density at radius 2 is 1.22 bits per heavy atom. The van der Waals surface area contributed by atoms with Crippen molar-refractivity contribution in [1.82, 2.24) is 0 Å². The molecule has 0 amide bonds. The molecule has 140 valence electrons. The van der Waals surface area contributed by atoms with Gasteiger partial charge in [-0.25, -0.2) is 0 Å². The minimum atomic E-state index is -2.18. The Bertz CT molecular complexity index is 822. The first kappa shape index (κ1) is 19.1. The molecule has 0 fully saturated rings. The standard InChI is InChI=1S/C23H24O3S/c1-3-23(24)26-27(20-11-7-5-8-12-20,21-13-9-6-10-14-21)22-17-15-19(16-18-22)25-4-2/h5-18H,3-4H2,1-2H3. The molecule has 0 aliphatic rings. The molecule has 0 heterocycles. The number of carbonyl (C=O) groups is 1. The Morgan fingerprint density at radius 1 is 0.741 bits per heavy atom. The zero-order valence-corrected chi connectivity index (χ0v) is 16.4. The van der Waals surface area contributed by atoms with Gasteiger partial charge in [0.1, 0.15) is 5.75 Å². The van der Waals surface area contributed by atoms with E-state index in [0.29, 0.717) is 13.0 Å². The summed E-state index contributed by atoms with van der Waals surface area (Å²) in [5.41, 5.74) is 0. The van der Waals surface area contributed by atoms with Crippen LogP contribution in [0.4, 0.5) is 0 Å². The van der Waals surface area contributed by atoms with E-state index in [2.05, 4.69) is 0 Å². The highest BCUT2D eigenvalue weighted by Gasteiger charge is 2.35. The summed E-state index contributed by atoms with van der Waals surface area (Å²) >= 11 is 0. The first-order valence-corrected chi connectivity index (χ1v) is 10.6. The lowest BCUT2D eigenvalue weighted by Gasteiger charge is -2.39. The van der Waals surface area contributed by atoms with Gasteiger partial charge in [-0.1, -0.05) is 43.3 Å². The summed E-state index contributed by atoms with van der Waals surface area (Å²) < 4.78 is 11.8. The monoisotopic (exact) mass is 380 g/mol. The average Bonchev–Trinajstić information content (AvgIpc) is 2.74. The van der Waals surface area contributed by atoms with Crippen LogP contribution in [-0.2, 0) is 8.98 Å². The fourth-order valence-corrected chi connectivity index (χ4v) is 5.97. The van der Waals surface area contributed by atoms with Crippen molar-refractivity contribution in [3.63, 3.8) is 0 Å². The number of benzene rings is 3.